The van der Waals surface area contributed by atoms with Crippen LogP contribution in [-0.4, -0.2) is 62.8 Å². The summed E-state index contributed by atoms with van der Waals surface area (Å²) in [4.78, 5) is 18.7. The molecule has 1 saturated heterocycles. The van der Waals surface area contributed by atoms with Crippen molar-refractivity contribution in [3.05, 3.63) is 71.5 Å². The third-order valence-corrected chi connectivity index (χ3v) is 8.25. The van der Waals surface area contributed by atoms with E-state index in [1.54, 1.807) is 25.2 Å². The quantitative estimate of drug-likeness (QED) is 0.343. The fourth-order valence-electron chi connectivity index (χ4n) is 5.79. The largest absolute Gasteiger partial charge is 0.417 e. The first-order chi connectivity index (χ1) is 19.6. The molecule has 0 spiro atoms. The number of halogens is 4. The summed E-state index contributed by atoms with van der Waals surface area (Å²) in [6, 6.07) is 16.2. The Labute approximate surface area is 236 Å². The molecule has 1 amide bonds. The number of anilines is 2. The van der Waals surface area contributed by atoms with E-state index in [2.05, 4.69) is 4.90 Å². The highest BCUT2D eigenvalue weighted by Gasteiger charge is 2.35. The molecule has 2 fully saturated rings. The molecule has 41 heavy (non-hydrogen) atoms. The third kappa shape index (κ3) is 6.57. The zero-order chi connectivity index (χ0) is 29.1. The maximum atomic E-state index is 13.5. The summed E-state index contributed by atoms with van der Waals surface area (Å²) in [5, 5.41) is 10.9. The van der Waals surface area contributed by atoms with Crippen molar-refractivity contribution in [3.8, 4) is 6.07 Å². The van der Waals surface area contributed by atoms with E-state index >= 15 is 0 Å². The van der Waals surface area contributed by atoms with Crippen molar-refractivity contribution in [3.63, 3.8) is 0 Å². The Morgan fingerprint density at radius 3 is 2.34 bits per heavy atom. The Bertz CT molecular complexity index is 1440. The summed E-state index contributed by atoms with van der Waals surface area (Å²) in [6.45, 7) is 2.58. The lowest BCUT2D eigenvalue weighted by Gasteiger charge is -2.37. The van der Waals surface area contributed by atoms with E-state index in [0.29, 0.717) is 44.7 Å². The molecule has 0 N–H and O–H groups in total. The Morgan fingerprint density at radius 1 is 0.976 bits per heavy atom. The lowest BCUT2D eigenvalue weighted by molar-refractivity contribution is -0.139. The maximum absolute atomic E-state index is 13.5. The van der Waals surface area contributed by atoms with Gasteiger partial charge in [-0.3, -0.25) is 4.79 Å². The van der Waals surface area contributed by atoms with Crippen LogP contribution in [0.15, 0.2) is 54.6 Å². The first-order valence-electron chi connectivity index (χ1n) is 13.8. The minimum absolute atomic E-state index is 0.0112. The SMILES string of the molecule is CN(c1ccc(C#N)c(C(F)(F)F)c1)[C@H]1CC[C@H](OCC(=O)N2CCN(c3ccc4cc(F)ccc4c3)CC2)CC1. The van der Waals surface area contributed by atoms with E-state index in [9.17, 15) is 22.4 Å². The topological polar surface area (TPSA) is 59.8 Å². The molecule has 5 rings (SSSR count). The molecule has 1 heterocycles. The number of ether oxygens (including phenoxy) is 1. The van der Waals surface area contributed by atoms with Crippen LogP contribution in [0.2, 0.25) is 0 Å². The fraction of sp³-hybridized carbons (Fsp3) is 0.419. The molecule has 6 nitrogen and oxygen atoms in total. The predicted molar refractivity (Wildman–Crippen MR) is 149 cm³/mol. The van der Waals surface area contributed by atoms with E-state index in [-0.39, 0.29) is 36.0 Å². The summed E-state index contributed by atoms with van der Waals surface area (Å²) in [5.74, 6) is -0.304. The molecule has 1 aliphatic carbocycles. The number of carbonyl (C=O) groups excluding carboxylic acids is 1. The van der Waals surface area contributed by atoms with Gasteiger partial charge in [0.1, 0.15) is 12.4 Å². The van der Waals surface area contributed by atoms with Gasteiger partial charge in [-0.1, -0.05) is 12.1 Å². The van der Waals surface area contributed by atoms with Crippen molar-refractivity contribution >= 4 is 28.1 Å². The Morgan fingerprint density at radius 2 is 1.66 bits per heavy atom. The second-order valence-corrected chi connectivity index (χ2v) is 10.7. The highest BCUT2D eigenvalue weighted by Crippen LogP contribution is 2.36. The highest BCUT2D eigenvalue weighted by molar-refractivity contribution is 5.86. The minimum atomic E-state index is -4.59. The first kappa shape index (κ1) is 28.7. The molecule has 3 aromatic carbocycles. The predicted octanol–water partition coefficient (Wildman–Crippen LogP) is 5.98. The van der Waals surface area contributed by atoms with Crippen molar-refractivity contribution in [1.29, 1.82) is 5.26 Å². The van der Waals surface area contributed by atoms with Gasteiger partial charge in [0, 0.05) is 50.6 Å². The zero-order valence-electron chi connectivity index (χ0n) is 22.8. The van der Waals surface area contributed by atoms with E-state index in [0.717, 1.165) is 35.4 Å². The van der Waals surface area contributed by atoms with E-state index < -0.39 is 11.7 Å². The zero-order valence-corrected chi connectivity index (χ0v) is 22.8. The maximum Gasteiger partial charge on any atom is 0.417 e. The second kappa shape index (κ2) is 12.0. The standard InChI is InChI=1S/C31H32F4N4O2/c1-37(26-6-4-23(19-36)29(18-26)31(33,34)35)25-8-10-28(11-9-25)41-20-30(40)39-14-12-38(13-15-39)27-7-3-21-16-24(32)5-2-22(21)17-27/h2-7,16-18,25,28H,8-15,20H2,1H3/t25-,28-. The third-order valence-electron chi connectivity index (χ3n) is 8.25. The summed E-state index contributed by atoms with van der Waals surface area (Å²) in [5.41, 5.74) is 0.163. The average molecular weight is 569 g/mol. The molecule has 10 heteroatoms. The van der Waals surface area contributed by atoms with E-state index in [1.165, 1.54) is 18.2 Å². The number of nitriles is 1. The number of carbonyl (C=O) groups is 1. The van der Waals surface area contributed by atoms with Gasteiger partial charge in [0.15, 0.2) is 0 Å². The van der Waals surface area contributed by atoms with Crippen molar-refractivity contribution in [2.45, 2.75) is 44.0 Å². The molecule has 216 valence electrons. The van der Waals surface area contributed by atoms with Gasteiger partial charge in [0.25, 0.3) is 0 Å². The van der Waals surface area contributed by atoms with Gasteiger partial charge >= 0.3 is 6.18 Å². The lowest BCUT2D eigenvalue weighted by atomic mass is 9.91. The number of fused-ring (bicyclic) bond motifs is 1. The Balaban J connectivity index is 1.07. The Kier molecular flexibility index (Phi) is 8.36. The van der Waals surface area contributed by atoms with Crippen LogP contribution in [0.3, 0.4) is 0 Å². The Hall–Kier alpha value is -3.84. The van der Waals surface area contributed by atoms with Gasteiger partial charge < -0.3 is 19.4 Å². The molecule has 0 unspecified atom stereocenters. The van der Waals surface area contributed by atoms with Crippen LogP contribution in [0.25, 0.3) is 10.8 Å². The van der Waals surface area contributed by atoms with Crippen LogP contribution in [0.4, 0.5) is 28.9 Å². The summed E-state index contributed by atoms with van der Waals surface area (Å²) >= 11 is 0. The van der Waals surface area contributed by atoms with E-state index in [4.69, 9.17) is 10.00 Å². The van der Waals surface area contributed by atoms with Gasteiger partial charge in [-0.15, -0.1) is 0 Å². The first-order valence-corrected chi connectivity index (χ1v) is 13.8. The molecule has 1 saturated carbocycles. The minimum Gasteiger partial charge on any atom is -0.372 e. The second-order valence-electron chi connectivity index (χ2n) is 10.7. The molecule has 0 bridgehead atoms. The van der Waals surface area contributed by atoms with Crippen LogP contribution in [0, 0.1) is 17.1 Å². The average Bonchev–Trinajstić information content (AvgIpc) is 2.98. The fourth-order valence-corrected chi connectivity index (χ4v) is 5.79. The van der Waals surface area contributed by atoms with Gasteiger partial charge in [0.2, 0.25) is 5.91 Å². The number of rotatable bonds is 6. The summed E-state index contributed by atoms with van der Waals surface area (Å²) in [6.07, 6.45) is -1.78. The molecule has 3 aromatic rings. The molecule has 0 atom stereocenters. The molecule has 1 aliphatic heterocycles. The van der Waals surface area contributed by atoms with Gasteiger partial charge in [-0.2, -0.15) is 18.4 Å². The number of hydrogen-bond acceptors (Lipinski definition) is 5. The van der Waals surface area contributed by atoms with Crippen LogP contribution in [0.1, 0.15) is 36.8 Å². The van der Waals surface area contributed by atoms with Crippen molar-refractivity contribution in [2.75, 3.05) is 49.6 Å². The number of piperazine rings is 1. The van der Waals surface area contributed by atoms with Crippen LogP contribution in [-0.2, 0) is 15.7 Å². The monoisotopic (exact) mass is 568 g/mol. The number of hydrogen-bond donors (Lipinski definition) is 0. The van der Waals surface area contributed by atoms with Gasteiger partial charge in [0.05, 0.1) is 23.3 Å². The van der Waals surface area contributed by atoms with E-state index in [1.807, 2.05) is 28.0 Å². The molecule has 2 aliphatic rings. The van der Waals surface area contributed by atoms with Gasteiger partial charge in [-0.25, -0.2) is 4.39 Å². The number of amides is 1. The highest BCUT2D eigenvalue weighted by atomic mass is 19.4. The number of benzene rings is 3. The van der Waals surface area contributed by atoms with Crippen LogP contribution >= 0.6 is 0 Å². The summed E-state index contributed by atoms with van der Waals surface area (Å²) < 4.78 is 59.6. The normalized spacial score (nSPS) is 19.7. The van der Waals surface area contributed by atoms with Crippen molar-refractivity contribution < 1.29 is 27.1 Å². The summed E-state index contributed by atoms with van der Waals surface area (Å²) in [7, 11) is 1.77. The molecule has 0 aromatic heterocycles. The molecular formula is C31H32F4N4O2. The number of nitrogens with zero attached hydrogens (tertiary/aromatic N) is 4. The number of alkyl halides is 3. The van der Waals surface area contributed by atoms with Crippen molar-refractivity contribution in [1.82, 2.24) is 4.90 Å². The molecular weight excluding hydrogens is 536 g/mol. The molecule has 0 radical (unpaired) electrons. The van der Waals surface area contributed by atoms with Crippen molar-refractivity contribution in [2.24, 2.45) is 0 Å². The van der Waals surface area contributed by atoms with Crippen LogP contribution in [0.5, 0.6) is 0 Å². The smallest absolute Gasteiger partial charge is 0.372 e. The van der Waals surface area contributed by atoms with Crippen LogP contribution < -0.4 is 9.80 Å². The lowest BCUT2D eigenvalue weighted by Crippen LogP contribution is -2.50. The van der Waals surface area contributed by atoms with Gasteiger partial charge in [-0.05, 0) is 78.9 Å².